The second-order valence-corrected chi connectivity index (χ2v) is 5.29. The molecule has 0 fully saturated rings. The van der Waals surface area contributed by atoms with E-state index in [0.29, 0.717) is 6.54 Å². The lowest BCUT2D eigenvalue weighted by molar-refractivity contribution is 0.0998. The van der Waals surface area contributed by atoms with Gasteiger partial charge in [0.25, 0.3) is 11.5 Å². The van der Waals surface area contributed by atoms with Crippen LogP contribution in [0.4, 0.5) is 0 Å². The fourth-order valence-electron chi connectivity index (χ4n) is 2.50. The summed E-state index contributed by atoms with van der Waals surface area (Å²) in [6.45, 7) is 0.390. The third kappa shape index (κ3) is 3.21. The third-order valence-electron chi connectivity index (χ3n) is 3.65. The molecule has 0 bridgehead atoms. The molecule has 0 spiro atoms. The quantitative estimate of drug-likeness (QED) is 0.805. The Balaban J connectivity index is 2.13. The minimum absolute atomic E-state index is 0.00211. The van der Waals surface area contributed by atoms with E-state index in [1.54, 1.807) is 12.3 Å². The molecule has 4 heteroatoms. The highest BCUT2D eigenvalue weighted by molar-refractivity contribution is 5.93. The van der Waals surface area contributed by atoms with Gasteiger partial charge in [-0.15, -0.1) is 0 Å². The van der Waals surface area contributed by atoms with Crippen LogP contribution in [0.3, 0.4) is 0 Å². The zero-order valence-corrected chi connectivity index (χ0v) is 12.5. The first kappa shape index (κ1) is 14.8. The number of hydrogen-bond acceptors (Lipinski definition) is 2. The lowest BCUT2D eigenvalue weighted by atomic mass is 10.1. The summed E-state index contributed by atoms with van der Waals surface area (Å²) in [6.07, 6.45) is 1.76. The van der Waals surface area contributed by atoms with Crippen LogP contribution in [0.5, 0.6) is 0 Å². The van der Waals surface area contributed by atoms with Crippen LogP contribution in [0.1, 0.15) is 15.9 Å². The van der Waals surface area contributed by atoms with Gasteiger partial charge in [0.05, 0.1) is 6.54 Å². The molecule has 0 unspecified atom stereocenters. The molecule has 3 rings (SSSR count). The summed E-state index contributed by atoms with van der Waals surface area (Å²) in [6, 6.07) is 20.8. The van der Waals surface area contributed by atoms with Crippen LogP contribution in [-0.4, -0.2) is 10.5 Å². The molecule has 1 amide bonds. The van der Waals surface area contributed by atoms with Gasteiger partial charge in [0, 0.05) is 6.20 Å². The maximum absolute atomic E-state index is 12.5. The van der Waals surface area contributed by atoms with Crippen molar-refractivity contribution in [2.45, 2.75) is 6.54 Å². The number of nitrogens with zero attached hydrogens (tertiary/aromatic N) is 1. The molecule has 0 aliphatic heterocycles. The van der Waals surface area contributed by atoms with Gasteiger partial charge in [-0.1, -0.05) is 60.7 Å². The maximum atomic E-state index is 12.5. The van der Waals surface area contributed by atoms with Crippen molar-refractivity contribution < 1.29 is 4.79 Å². The highest BCUT2D eigenvalue weighted by Gasteiger charge is 2.12. The standard InChI is InChI=1S/C19H16N2O2/c20-18(22)17-11-16(15-9-5-2-6-10-15)13-21(19(17)23)12-14-7-3-1-4-8-14/h1-11,13H,12H2,(H2,20,22). The highest BCUT2D eigenvalue weighted by atomic mass is 16.2. The molecule has 3 aromatic rings. The largest absolute Gasteiger partial charge is 0.365 e. The number of nitrogens with two attached hydrogens (primary N) is 1. The van der Waals surface area contributed by atoms with E-state index in [-0.39, 0.29) is 11.1 Å². The second kappa shape index (κ2) is 6.32. The van der Waals surface area contributed by atoms with Crippen LogP contribution < -0.4 is 11.3 Å². The monoisotopic (exact) mass is 304 g/mol. The molecule has 114 valence electrons. The molecule has 0 aliphatic carbocycles. The van der Waals surface area contributed by atoms with E-state index in [0.717, 1.165) is 16.7 Å². The van der Waals surface area contributed by atoms with Gasteiger partial charge in [-0.05, 0) is 22.8 Å². The van der Waals surface area contributed by atoms with Crippen LogP contribution >= 0.6 is 0 Å². The number of aromatic nitrogens is 1. The summed E-state index contributed by atoms with van der Waals surface area (Å²) in [5, 5.41) is 0. The lowest BCUT2D eigenvalue weighted by Crippen LogP contribution is -2.29. The Morgan fingerprint density at radius 1 is 0.913 bits per heavy atom. The van der Waals surface area contributed by atoms with Gasteiger partial charge >= 0.3 is 0 Å². The van der Waals surface area contributed by atoms with Crippen molar-refractivity contribution in [2.24, 2.45) is 5.73 Å². The number of hydrogen-bond donors (Lipinski definition) is 1. The first-order valence-corrected chi connectivity index (χ1v) is 7.29. The smallest absolute Gasteiger partial charge is 0.263 e. The van der Waals surface area contributed by atoms with E-state index in [4.69, 9.17) is 5.73 Å². The molecule has 2 N–H and O–H groups in total. The normalized spacial score (nSPS) is 10.4. The van der Waals surface area contributed by atoms with Crippen molar-refractivity contribution in [2.75, 3.05) is 0 Å². The van der Waals surface area contributed by atoms with Crippen LogP contribution in [0.25, 0.3) is 11.1 Å². The average Bonchev–Trinajstić information content (AvgIpc) is 2.58. The van der Waals surface area contributed by atoms with E-state index < -0.39 is 5.91 Å². The van der Waals surface area contributed by atoms with Gasteiger partial charge in [0.2, 0.25) is 0 Å². The van der Waals surface area contributed by atoms with E-state index in [9.17, 15) is 9.59 Å². The van der Waals surface area contributed by atoms with E-state index >= 15 is 0 Å². The predicted molar refractivity (Wildman–Crippen MR) is 90.2 cm³/mol. The minimum Gasteiger partial charge on any atom is -0.365 e. The minimum atomic E-state index is -0.713. The number of carbonyl (C=O) groups excluding carboxylic acids is 1. The molecule has 1 heterocycles. The van der Waals surface area contributed by atoms with Crippen LogP contribution in [0, 0.1) is 0 Å². The molecule has 1 aromatic heterocycles. The Morgan fingerprint density at radius 3 is 2.13 bits per heavy atom. The summed E-state index contributed by atoms with van der Waals surface area (Å²) < 4.78 is 1.53. The van der Waals surface area contributed by atoms with Crippen molar-refractivity contribution in [3.63, 3.8) is 0 Å². The molecule has 0 saturated carbocycles. The first-order chi connectivity index (χ1) is 11.1. The average molecular weight is 304 g/mol. The van der Waals surface area contributed by atoms with Gasteiger partial charge in [0.15, 0.2) is 0 Å². The van der Waals surface area contributed by atoms with Crippen molar-refractivity contribution in [3.8, 4) is 11.1 Å². The van der Waals surface area contributed by atoms with Gasteiger partial charge in [-0.2, -0.15) is 0 Å². The molecule has 0 saturated heterocycles. The maximum Gasteiger partial charge on any atom is 0.263 e. The fourth-order valence-corrected chi connectivity index (χ4v) is 2.50. The van der Waals surface area contributed by atoms with Crippen molar-refractivity contribution in [1.29, 1.82) is 0 Å². The predicted octanol–water partition coefficient (Wildman–Crippen LogP) is 2.66. The molecule has 23 heavy (non-hydrogen) atoms. The SMILES string of the molecule is NC(=O)c1cc(-c2ccccc2)cn(Cc2ccccc2)c1=O. The van der Waals surface area contributed by atoms with E-state index in [2.05, 4.69) is 0 Å². The number of benzene rings is 2. The summed E-state index contributed by atoms with van der Waals surface area (Å²) in [5.41, 5.74) is 7.70. The molecule has 2 aromatic carbocycles. The van der Waals surface area contributed by atoms with Crippen molar-refractivity contribution in [1.82, 2.24) is 4.57 Å². The second-order valence-electron chi connectivity index (χ2n) is 5.29. The van der Waals surface area contributed by atoms with Gasteiger partial charge in [0.1, 0.15) is 5.56 Å². The Morgan fingerprint density at radius 2 is 1.52 bits per heavy atom. The van der Waals surface area contributed by atoms with E-state index in [1.807, 2.05) is 60.7 Å². The molecule has 0 radical (unpaired) electrons. The lowest BCUT2D eigenvalue weighted by Gasteiger charge is -2.11. The topological polar surface area (TPSA) is 65.1 Å². The van der Waals surface area contributed by atoms with Crippen LogP contribution in [0.2, 0.25) is 0 Å². The van der Waals surface area contributed by atoms with Crippen LogP contribution in [-0.2, 0) is 6.54 Å². The van der Waals surface area contributed by atoms with Crippen molar-refractivity contribution >= 4 is 5.91 Å². The molecule has 4 nitrogen and oxygen atoms in total. The summed E-state index contributed by atoms with van der Waals surface area (Å²) >= 11 is 0. The molecular weight excluding hydrogens is 288 g/mol. The van der Waals surface area contributed by atoms with Gasteiger partial charge in [-0.3, -0.25) is 9.59 Å². The first-order valence-electron chi connectivity index (χ1n) is 7.29. The molecular formula is C19H16N2O2. The Kier molecular flexibility index (Phi) is 4.06. The number of pyridine rings is 1. The third-order valence-corrected chi connectivity index (χ3v) is 3.65. The molecule has 0 aliphatic rings. The van der Waals surface area contributed by atoms with E-state index in [1.165, 1.54) is 4.57 Å². The Bertz CT molecular complexity index is 884. The number of primary amides is 1. The number of rotatable bonds is 4. The Hall–Kier alpha value is -3.14. The number of carbonyl (C=O) groups is 1. The van der Waals surface area contributed by atoms with Gasteiger partial charge in [-0.25, -0.2) is 0 Å². The summed E-state index contributed by atoms with van der Waals surface area (Å²) in [5.74, 6) is -0.713. The van der Waals surface area contributed by atoms with Crippen molar-refractivity contribution in [3.05, 3.63) is 94.4 Å². The summed E-state index contributed by atoms with van der Waals surface area (Å²) in [7, 11) is 0. The zero-order valence-electron chi connectivity index (χ0n) is 12.5. The Labute approximate surface area is 133 Å². The van der Waals surface area contributed by atoms with Gasteiger partial charge < -0.3 is 10.3 Å². The number of amides is 1. The van der Waals surface area contributed by atoms with Crippen LogP contribution in [0.15, 0.2) is 77.7 Å². The fraction of sp³-hybridized carbons (Fsp3) is 0.0526. The molecule has 0 atom stereocenters. The zero-order chi connectivity index (χ0) is 16.2. The highest BCUT2D eigenvalue weighted by Crippen LogP contribution is 2.19. The summed E-state index contributed by atoms with van der Waals surface area (Å²) in [4.78, 5) is 24.1.